The molecule has 0 saturated heterocycles. The molecule has 0 aromatic heterocycles. The number of anilines is 1. The van der Waals surface area contributed by atoms with E-state index in [4.69, 9.17) is 38.4 Å². The molecule has 0 aliphatic rings. The molecule has 9 N–H and O–H groups in total. The van der Waals surface area contributed by atoms with Crippen molar-refractivity contribution in [2.24, 2.45) is 5.73 Å². The Balaban J connectivity index is 2.58. The fourth-order valence-corrected chi connectivity index (χ4v) is 2.64. The number of nitrogen functional groups attached to an aromatic ring is 1. The molecule has 0 aliphatic heterocycles. The highest BCUT2D eigenvalue weighted by Crippen LogP contribution is 2.34. The van der Waals surface area contributed by atoms with Crippen LogP contribution in [0.2, 0.25) is 5.02 Å². The topological polar surface area (TPSA) is 170 Å². The van der Waals surface area contributed by atoms with Crippen LogP contribution in [0, 0.1) is 12.7 Å². The van der Waals surface area contributed by atoms with Gasteiger partial charge in [-0.3, -0.25) is 4.79 Å². The zero-order valence-corrected chi connectivity index (χ0v) is 14.8. The second-order valence-corrected chi connectivity index (χ2v) is 6.47. The largest absolute Gasteiger partial charge is 0.399 e. The number of nitrogens with two attached hydrogens (primary N) is 2. The summed E-state index contributed by atoms with van der Waals surface area (Å²) in [6.07, 6.45) is 0. The fraction of sp³-hybridized carbons (Fsp3) is 0.235. The Morgan fingerprint density at radius 1 is 1.15 bits per heavy atom. The maximum Gasteiger partial charge on any atom is 0.334 e. The van der Waals surface area contributed by atoms with Gasteiger partial charge in [-0.2, -0.15) is 0 Å². The summed E-state index contributed by atoms with van der Waals surface area (Å²) < 4.78 is 14.9. The molecule has 2 aromatic carbocycles. The molecule has 0 heterocycles. The van der Waals surface area contributed by atoms with Gasteiger partial charge in [0.2, 0.25) is 0 Å². The molecule has 8 nitrogen and oxygen atoms in total. The first-order valence-electron chi connectivity index (χ1n) is 7.55. The lowest BCUT2D eigenvalue weighted by Gasteiger charge is -2.35. The fourth-order valence-electron chi connectivity index (χ4n) is 2.40. The summed E-state index contributed by atoms with van der Waals surface area (Å²) in [6, 6.07) is 3.97. The second kappa shape index (κ2) is 7.13. The zero-order valence-electron chi connectivity index (χ0n) is 14.0. The first-order valence-corrected chi connectivity index (χ1v) is 7.93. The molecule has 2 aromatic rings. The first kappa shape index (κ1) is 21.2. The molecule has 0 bridgehead atoms. The van der Waals surface area contributed by atoms with Crippen molar-refractivity contribution in [2.45, 2.75) is 24.7 Å². The number of rotatable bonds is 5. The van der Waals surface area contributed by atoms with Crippen LogP contribution in [-0.4, -0.2) is 43.1 Å². The average Bonchev–Trinajstić information content (AvgIpc) is 2.55. The number of aliphatic hydroxyl groups is 5. The van der Waals surface area contributed by atoms with E-state index in [9.17, 15) is 19.4 Å². The van der Waals surface area contributed by atoms with E-state index in [-0.39, 0.29) is 10.6 Å². The first-order chi connectivity index (χ1) is 12.3. The molecule has 1 unspecified atom stereocenters. The van der Waals surface area contributed by atoms with E-state index >= 15 is 0 Å². The Labute approximate surface area is 158 Å². The maximum absolute atomic E-state index is 14.9. The van der Waals surface area contributed by atoms with Crippen LogP contribution >= 0.6 is 11.6 Å². The van der Waals surface area contributed by atoms with E-state index in [1.54, 1.807) is 6.92 Å². The standard InChI is InChI=1S/C17H18ClFN2O6/c1-7-6-8(2-5-11(7)20)14(22)12-10(18)4-3-9(13(12)19)15(21)16(23,24)17(25,26)27/h2-6,15,23-27H,20-21H2,1H3. The van der Waals surface area contributed by atoms with Gasteiger partial charge < -0.3 is 37.0 Å². The predicted molar refractivity (Wildman–Crippen MR) is 93.9 cm³/mol. The number of halogens is 2. The zero-order chi connectivity index (χ0) is 20.7. The van der Waals surface area contributed by atoms with Crippen molar-refractivity contribution in [1.29, 1.82) is 0 Å². The van der Waals surface area contributed by atoms with Gasteiger partial charge >= 0.3 is 5.97 Å². The van der Waals surface area contributed by atoms with Crippen molar-refractivity contribution in [3.05, 3.63) is 63.4 Å². The highest BCUT2D eigenvalue weighted by Gasteiger charge is 2.52. The third-order valence-electron chi connectivity index (χ3n) is 4.14. The summed E-state index contributed by atoms with van der Waals surface area (Å²) in [4.78, 5) is 12.7. The average molecular weight is 401 g/mol. The summed E-state index contributed by atoms with van der Waals surface area (Å²) in [6.45, 7) is 1.64. The predicted octanol–water partition coefficient (Wildman–Crippen LogP) is -0.0879. The molecule has 146 valence electrons. The van der Waals surface area contributed by atoms with E-state index in [2.05, 4.69) is 0 Å². The monoisotopic (exact) mass is 400 g/mol. The van der Waals surface area contributed by atoms with Crippen molar-refractivity contribution >= 4 is 23.1 Å². The van der Waals surface area contributed by atoms with Gasteiger partial charge in [-0.1, -0.05) is 17.7 Å². The number of carbonyl (C=O) groups excluding carboxylic acids is 1. The summed E-state index contributed by atoms with van der Waals surface area (Å²) in [5, 5.41) is 46.2. The SMILES string of the molecule is Cc1cc(C(=O)c2c(Cl)ccc(C(N)C(O)(O)C(O)(O)O)c2F)ccc1N. The van der Waals surface area contributed by atoms with E-state index in [1.807, 2.05) is 0 Å². The molecule has 27 heavy (non-hydrogen) atoms. The van der Waals surface area contributed by atoms with Crippen molar-refractivity contribution in [2.75, 3.05) is 5.73 Å². The van der Waals surface area contributed by atoms with Gasteiger partial charge in [0.1, 0.15) is 5.82 Å². The van der Waals surface area contributed by atoms with Crippen LogP contribution in [0.3, 0.4) is 0 Å². The van der Waals surface area contributed by atoms with Crippen LogP contribution in [-0.2, 0) is 0 Å². The smallest absolute Gasteiger partial charge is 0.334 e. The van der Waals surface area contributed by atoms with Crippen molar-refractivity contribution < 1.29 is 34.7 Å². The lowest BCUT2D eigenvalue weighted by molar-refractivity contribution is -0.452. The van der Waals surface area contributed by atoms with Crippen LogP contribution in [0.15, 0.2) is 30.3 Å². The van der Waals surface area contributed by atoms with Gasteiger partial charge in [0, 0.05) is 16.8 Å². The third-order valence-corrected chi connectivity index (χ3v) is 4.46. The van der Waals surface area contributed by atoms with E-state index in [0.29, 0.717) is 11.3 Å². The second-order valence-electron chi connectivity index (χ2n) is 6.07. The lowest BCUT2D eigenvalue weighted by Crippen LogP contribution is -2.60. The Kier molecular flexibility index (Phi) is 5.60. The Morgan fingerprint density at radius 2 is 1.74 bits per heavy atom. The molecular formula is C17H18ClFN2O6. The number of aryl methyl sites for hydroxylation is 1. The van der Waals surface area contributed by atoms with Gasteiger partial charge in [0.05, 0.1) is 16.6 Å². The van der Waals surface area contributed by atoms with Crippen molar-refractivity contribution in [3.63, 3.8) is 0 Å². The van der Waals surface area contributed by atoms with Crippen LogP contribution in [0.1, 0.15) is 33.1 Å². The van der Waals surface area contributed by atoms with Gasteiger partial charge in [0.15, 0.2) is 5.78 Å². The molecule has 0 saturated carbocycles. The number of benzene rings is 2. The lowest BCUT2D eigenvalue weighted by atomic mass is 9.92. The third kappa shape index (κ3) is 3.80. The Hall–Kier alpha value is -2.11. The maximum atomic E-state index is 14.9. The van der Waals surface area contributed by atoms with Crippen molar-refractivity contribution in [3.8, 4) is 0 Å². The highest BCUT2D eigenvalue weighted by atomic mass is 35.5. The molecule has 0 aliphatic carbocycles. The number of carbonyl (C=O) groups is 1. The van der Waals surface area contributed by atoms with Crippen LogP contribution in [0.4, 0.5) is 10.1 Å². The molecule has 0 fully saturated rings. The number of hydrogen-bond donors (Lipinski definition) is 7. The molecular weight excluding hydrogens is 383 g/mol. The van der Waals surface area contributed by atoms with Crippen LogP contribution in [0.25, 0.3) is 0 Å². The van der Waals surface area contributed by atoms with E-state index < -0.39 is 40.5 Å². The highest BCUT2D eigenvalue weighted by molar-refractivity contribution is 6.35. The van der Waals surface area contributed by atoms with E-state index in [1.165, 1.54) is 18.2 Å². The number of ketones is 1. The minimum Gasteiger partial charge on any atom is -0.399 e. The molecule has 1 atom stereocenters. The summed E-state index contributed by atoms with van der Waals surface area (Å²) >= 11 is 5.93. The molecule has 0 spiro atoms. The van der Waals surface area contributed by atoms with Gasteiger partial charge in [0.25, 0.3) is 5.79 Å². The van der Waals surface area contributed by atoms with Crippen LogP contribution < -0.4 is 11.5 Å². The van der Waals surface area contributed by atoms with Gasteiger partial charge in [-0.25, -0.2) is 4.39 Å². The summed E-state index contributed by atoms with van der Waals surface area (Å²) in [5.74, 6) is -9.96. The van der Waals surface area contributed by atoms with Gasteiger partial charge in [-0.05, 0) is 36.8 Å². The summed E-state index contributed by atoms with van der Waals surface area (Å²) in [5.41, 5.74) is 10.9. The molecule has 0 amide bonds. The molecule has 10 heteroatoms. The Morgan fingerprint density at radius 3 is 2.26 bits per heavy atom. The van der Waals surface area contributed by atoms with Crippen molar-refractivity contribution in [1.82, 2.24) is 0 Å². The molecule has 2 rings (SSSR count). The van der Waals surface area contributed by atoms with E-state index in [0.717, 1.165) is 12.1 Å². The normalized spacial score (nSPS) is 13.5. The minimum absolute atomic E-state index is 0.0632. The minimum atomic E-state index is -4.06. The van der Waals surface area contributed by atoms with Crippen LogP contribution in [0.5, 0.6) is 0 Å². The number of hydrogen-bond acceptors (Lipinski definition) is 8. The quantitative estimate of drug-likeness (QED) is 0.207. The van der Waals surface area contributed by atoms with Gasteiger partial charge in [-0.15, -0.1) is 0 Å². The Bertz CT molecular complexity index is 898. The molecule has 0 radical (unpaired) electrons. The summed E-state index contributed by atoms with van der Waals surface area (Å²) in [7, 11) is 0.